The zero-order chi connectivity index (χ0) is 10.6. The fourth-order valence-electron chi connectivity index (χ4n) is 1.77. The van der Waals surface area contributed by atoms with E-state index in [9.17, 15) is 4.79 Å². The predicted molar refractivity (Wildman–Crippen MR) is 53.7 cm³/mol. The molecule has 3 heteroatoms. The van der Waals surface area contributed by atoms with Gasteiger partial charge in [-0.2, -0.15) is 0 Å². The molecule has 1 aliphatic carbocycles. The summed E-state index contributed by atoms with van der Waals surface area (Å²) in [6.07, 6.45) is 3.20. The molecule has 0 amide bonds. The molecule has 2 unspecified atom stereocenters. The summed E-state index contributed by atoms with van der Waals surface area (Å²) in [7, 11) is 0. The molecule has 3 nitrogen and oxygen atoms in total. The van der Waals surface area contributed by atoms with E-state index in [1.165, 1.54) is 0 Å². The van der Waals surface area contributed by atoms with Crippen molar-refractivity contribution in [3.8, 4) is 0 Å². The maximum absolute atomic E-state index is 11.6. The maximum atomic E-state index is 11.6. The van der Waals surface area contributed by atoms with Gasteiger partial charge in [-0.1, -0.05) is 6.92 Å². The zero-order valence-electron chi connectivity index (χ0n) is 8.82. The van der Waals surface area contributed by atoms with Crippen LogP contribution >= 0.6 is 0 Å². The van der Waals surface area contributed by atoms with Crippen molar-refractivity contribution in [2.45, 2.75) is 26.7 Å². The number of ketones is 1. The van der Waals surface area contributed by atoms with Crippen LogP contribution in [0.5, 0.6) is 0 Å². The Morgan fingerprint density at radius 1 is 1.71 bits per heavy atom. The number of aliphatic hydroxyl groups excluding tert-OH is 1. The van der Waals surface area contributed by atoms with E-state index >= 15 is 0 Å². The first kappa shape index (κ1) is 11.2. The molecule has 80 valence electrons. The van der Waals surface area contributed by atoms with Crippen LogP contribution in [0.25, 0.3) is 0 Å². The Morgan fingerprint density at radius 2 is 2.43 bits per heavy atom. The third-order valence-electron chi connectivity index (χ3n) is 2.68. The highest BCUT2D eigenvalue weighted by atomic mass is 16.5. The summed E-state index contributed by atoms with van der Waals surface area (Å²) < 4.78 is 5.29. The Balaban J connectivity index is 2.60. The van der Waals surface area contributed by atoms with Crippen molar-refractivity contribution >= 4 is 5.78 Å². The first-order valence-electron chi connectivity index (χ1n) is 5.17. The minimum Gasteiger partial charge on any atom is -0.498 e. The number of hydrogen-bond acceptors (Lipinski definition) is 3. The van der Waals surface area contributed by atoms with Gasteiger partial charge in [0, 0.05) is 25.0 Å². The monoisotopic (exact) mass is 198 g/mol. The number of aliphatic hydroxyl groups is 1. The molecular formula is C11H18O3. The zero-order valence-corrected chi connectivity index (χ0v) is 8.82. The second-order valence-electron chi connectivity index (χ2n) is 3.75. The Hall–Kier alpha value is -0.830. The van der Waals surface area contributed by atoms with Crippen LogP contribution in [0.1, 0.15) is 26.7 Å². The minimum absolute atomic E-state index is 0.0239. The molecule has 0 radical (unpaired) electrons. The first-order chi connectivity index (χ1) is 6.69. The average molecular weight is 198 g/mol. The number of carbonyl (C=O) groups excluding carboxylic acids is 1. The van der Waals surface area contributed by atoms with E-state index in [-0.39, 0.29) is 24.2 Å². The van der Waals surface area contributed by atoms with Gasteiger partial charge in [0.25, 0.3) is 0 Å². The predicted octanol–water partition coefficient (Wildman–Crippen LogP) is 1.51. The highest BCUT2D eigenvalue weighted by Crippen LogP contribution is 2.27. The molecule has 1 aliphatic rings. The van der Waals surface area contributed by atoms with Gasteiger partial charge in [-0.3, -0.25) is 4.79 Å². The van der Waals surface area contributed by atoms with Gasteiger partial charge in [0.05, 0.1) is 12.4 Å². The van der Waals surface area contributed by atoms with Gasteiger partial charge < -0.3 is 9.84 Å². The summed E-state index contributed by atoms with van der Waals surface area (Å²) in [6, 6.07) is 0. The van der Waals surface area contributed by atoms with E-state index in [4.69, 9.17) is 9.84 Å². The highest BCUT2D eigenvalue weighted by molar-refractivity contribution is 5.93. The molecule has 0 aromatic carbocycles. The number of allylic oxidation sites excluding steroid dienone is 2. The Kier molecular flexibility index (Phi) is 4.14. The molecule has 0 fully saturated rings. The summed E-state index contributed by atoms with van der Waals surface area (Å²) in [5.41, 5.74) is 0. The van der Waals surface area contributed by atoms with E-state index in [1.807, 2.05) is 13.8 Å². The van der Waals surface area contributed by atoms with E-state index in [2.05, 4.69) is 0 Å². The van der Waals surface area contributed by atoms with Gasteiger partial charge in [0.1, 0.15) is 0 Å². The van der Waals surface area contributed by atoms with E-state index in [0.29, 0.717) is 6.61 Å². The quantitative estimate of drug-likeness (QED) is 0.745. The molecule has 1 rings (SSSR count). The normalized spacial score (nSPS) is 24.4. The van der Waals surface area contributed by atoms with Crippen LogP contribution in [0.2, 0.25) is 0 Å². The molecule has 14 heavy (non-hydrogen) atoms. The summed E-state index contributed by atoms with van der Waals surface area (Å²) in [6.45, 7) is 4.50. The summed E-state index contributed by atoms with van der Waals surface area (Å²) in [4.78, 5) is 11.6. The van der Waals surface area contributed by atoms with Crippen LogP contribution in [0, 0.1) is 11.8 Å². The van der Waals surface area contributed by atoms with Gasteiger partial charge >= 0.3 is 0 Å². The Morgan fingerprint density at radius 3 is 2.93 bits per heavy atom. The molecule has 0 heterocycles. The van der Waals surface area contributed by atoms with Crippen molar-refractivity contribution in [2.24, 2.45) is 11.8 Å². The first-order valence-corrected chi connectivity index (χ1v) is 5.17. The summed E-state index contributed by atoms with van der Waals surface area (Å²) >= 11 is 0. The van der Waals surface area contributed by atoms with Crippen molar-refractivity contribution in [1.29, 1.82) is 0 Å². The molecule has 2 atom stereocenters. The van der Waals surface area contributed by atoms with Gasteiger partial charge in [-0.15, -0.1) is 0 Å². The smallest absolute Gasteiger partial charge is 0.162 e. The largest absolute Gasteiger partial charge is 0.498 e. The van der Waals surface area contributed by atoms with Gasteiger partial charge in [-0.25, -0.2) is 0 Å². The molecular weight excluding hydrogens is 180 g/mol. The lowest BCUT2D eigenvalue weighted by atomic mass is 9.83. The summed E-state index contributed by atoms with van der Waals surface area (Å²) in [5.74, 6) is 0.922. The second kappa shape index (κ2) is 5.15. The van der Waals surface area contributed by atoms with E-state index in [0.717, 1.165) is 18.6 Å². The number of rotatable bonds is 4. The fraction of sp³-hybridized carbons (Fsp3) is 0.727. The molecule has 1 N–H and O–H groups in total. The maximum Gasteiger partial charge on any atom is 0.162 e. The number of ether oxygens (including phenoxy) is 1. The lowest BCUT2D eigenvalue weighted by molar-refractivity contribution is -0.121. The molecule has 0 spiro atoms. The SMILES string of the molecule is CCOC1=CC(=O)C(C(C)CO)CC1. The minimum atomic E-state index is -0.0239. The van der Waals surface area contributed by atoms with Crippen LogP contribution in [0.15, 0.2) is 11.8 Å². The van der Waals surface area contributed by atoms with Gasteiger partial charge in [0.2, 0.25) is 0 Å². The molecule has 0 aromatic rings. The van der Waals surface area contributed by atoms with Crippen LogP contribution in [-0.4, -0.2) is 24.1 Å². The van der Waals surface area contributed by atoms with Crippen molar-refractivity contribution in [1.82, 2.24) is 0 Å². The van der Waals surface area contributed by atoms with Crippen LogP contribution in [0.3, 0.4) is 0 Å². The molecule has 0 saturated heterocycles. The van der Waals surface area contributed by atoms with Crippen molar-refractivity contribution in [3.63, 3.8) is 0 Å². The molecule has 0 bridgehead atoms. The lowest BCUT2D eigenvalue weighted by Crippen LogP contribution is -2.26. The molecule has 0 aliphatic heterocycles. The van der Waals surface area contributed by atoms with Crippen LogP contribution in [0.4, 0.5) is 0 Å². The van der Waals surface area contributed by atoms with Crippen LogP contribution < -0.4 is 0 Å². The molecule has 0 aromatic heterocycles. The van der Waals surface area contributed by atoms with Crippen molar-refractivity contribution < 1.29 is 14.6 Å². The number of carbonyl (C=O) groups is 1. The van der Waals surface area contributed by atoms with Crippen molar-refractivity contribution in [2.75, 3.05) is 13.2 Å². The van der Waals surface area contributed by atoms with Gasteiger partial charge in [0.15, 0.2) is 5.78 Å². The molecule has 0 saturated carbocycles. The van der Waals surface area contributed by atoms with E-state index < -0.39 is 0 Å². The van der Waals surface area contributed by atoms with Crippen LogP contribution in [-0.2, 0) is 9.53 Å². The second-order valence-corrected chi connectivity index (χ2v) is 3.75. The van der Waals surface area contributed by atoms with Crippen molar-refractivity contribution in [3.05, 3.63) is 11.8 Å². The third kappa shape index (κ3) is 2.58. The standard InChI is InChI=1S/C11H18O3/c1-3-14-9-4-5-10(8(2)7-12)11(13)6-9/h6,8,10,12H,3-5,7H2,1-2H3. The topological polar surface area (TPSA) is 46.5 Å². The van der Waals surface area contributed by atoms with E-state index in [1.54, 1.807) is 6.08 Å². The fourth-order valence-corrected chi connectivity index (χ4v) is 1.77. The number of hydrogen-bond donors (Lipinski definition) is 1. The lowest BCUT2D eigenvalue weighted by Gasteiger charge is -2.24. The highest BCUT2D eigenvalue weighted by Gasteiger charge is 2.27. The summed E-state index contributed by atoms with van der Waals surface area (Å²) in [5, 5.41) is 8.97. The Bertz CT molecular complexity index is 233. The average Bonchev–Trinajstić information content (AvgIpc) is 2.17. The van der Waals surface area contributed by atoms with Gasteiger partial charge in [-0.05, 0) is 19.3 Å². The Labute approximate surface area is 84.8 Å². The third-order valence-corrected chi connectivity index (χ3v) is 2.68.